The maximum absolute atomic E-state index is 2.47. The maximum Gasteiger partial charge on any atom is 0.0995 e. The lowest BCUT2D eigenvalue weighted by molar-refractivity contribution is 0.920. The first kappa shape index (κ1) is 17.6. The number of aryl methyl sites for hydroxylation is 6. The first-order chi connectivity index (χ1) is 11.7. The summed E-state index contributed by atoms with van der Waals surface area (Å²) in [5.41, 5.74) is 13.5. The third kappa shape index (κ3) is 2.95. The fourth-order valence-electron chi connectivity index (χ4n) is 4.42. The smallest absolute Gasteiger partial charge is 0.0995 e. The SMILES string of the molecule is CC1=C(C)N(c2c(C)cc(C)cc2C)CN1c1c(C)cc(C)cc1C. The molecule has 3 rings (SSSR count). The van der Waals surface area contributed by atoms with Crippen molar-refractivity contribution in [3.8, 4) is 0 Å². The lowest BCUT2D eigenvalue weighted by Crippen LogP contribution is -2.29. The van der Waals surface area contributed by atoms with E-state index in [4.69, 9.17) is 0 Å². The highest BCUT2D eigenvalue weighted by molar-refractivity contribution is 5.72. The molecule has 0 aliphatic carbocycles. The van der Waals surface area contributed by atoms with Crippen molar-refractivity contribution in [2.45, 2.75) is 55.4 Å². The lowest BCUT2D eigenvalue weighted by Gasteiger charge is -2.28. The van der Waals surface area contributed by atoms with E-state index in [0.29, 0.717) is 0 Å². The zero-order chi connectivity index (χ0) is 18.5. The van der Waals surface area contributed by atoms with Gasteiger partial charge < -0.3 is 9.80 Å². The molecule has 0 saturated heterocycles. The van der Waals surface area contributed by atoms with Crippen molar-refractivity contribution in [1.29, 1.82) is 0 Å². The van der Waals surface area contributed by atoms with E-state index in [1.54, 1.807) is 0 Å². The molecule has 0 N–H and O–H groups in total. The Kier molecular flexibility index (Phi) is 4.40. The molecule has 0 atom stereocenters. The van der Waals surface area contributed by atoms with Gasteiger partial charge in [-0.2, -0.15) is 0 Å². The molecular formula is C23H30N2. The summed E-state index contributed by atoms with van der Waals surface area (Å²) >= 11 is 0. The predicted molar refractivity (Wildman–Crippen MR) is 110 cm³/mol. The number of hydrogen-bond acceptors (Lipinski definition) is 2. The summed E-state index contributed by atoms with van der Waals surface area (Å²) in [5.74, 6) is 0. The van der Waals surface area contributed by atoms with Crippen LogP contribution in [0, 0.1) is 41.5 Å². The van der Waals surface area contributed by atoms with Crippen LogP contribution in [0.25, 0.3) is 0 Å². The van der Waals surface area contributed by atoms with Gasteiger partial charge in [-0.3, -0.25) is 0 Å². The Bertz CT molecular complexity index is 756. The molecule has 0 spiro atoms. The molecule has 0 radical (unpaired) electrons. The van der Waals surface area contributed by atoms with Gasteiger partial charge in [0, 0.05) is 22.8 Å². The highest BCUT2D eigenvalue weighted by Gasteiger charge is 2.29. The average molecular weight is 335 g/mol. The van der Waals surface area contributed by atoms with Gasteiger partial charge in [0.15, 0.2) is 0 Å². The minimum Gasteiger partial charge on any atom is -0.325 e. The first-order valence-electron chi connectivity index (χ1n) is 9.09. The van der Waals surface area contributed by atoms with Crippen molar-refractivity contribution in [2.75, 3.05) is 16.5 Å². The van der Waals surface area contributed by atoms with Crippen molar-refractivity contribution in [3.05, 3.63) is 69.0 Å². The summed E-state index contributed by atoms with van der Waals surface area (Å²) in [6.45, 7) is 18.6. The number of rotatable bonds is 2. The van der Waals surface area contributed by atoms with Crippen LogP contribution < -0.4 is 9.80 Å². The number of hydrogen-bond donors (Lipinski definition) is 0. The summed E-state index contributed by atoms with van der Waals surface area (Å²) in [7, 11) is 0. The fourth-order valence-corrected chi connectivity index (χ4v) is 4.42. The van der Waals surface area contributed by atoms with Crippen LogP contribution in [0.1, 0.15) is 47.2 Å². The second kappa shape index (κ2) is 6.25. The molecule has 1 heterocycles. The maximum atomic E-state index is 2.47. The van der Waals surface area contributed by atoms with Crippen molar-refractivity contribution < 1.29 is 0 Å². The lowest BCUT2D eigenvalue weighted by atomic mass is 10.0. The summed E-state index contributed by atoms with van der Waals surface area (Å²) in [4.78, 5) is 4.94. The summed E-state index contributed by atoms with van der Waals surface area (Å²) in [6, 6.07) is 9.15. The molecule has 2 nitrogen and oxygen atoms in total. The van der Waals surface area contributed by atoms with Gasteiger partial charge in [-0.05, 0) is 77.6 Å². The topological polar surface area (TPSA) is 6.48 Å². The molecule has 1 aliphatic rings. The highest BCUT2D eigenvalue weighted by Crippen LogP contribution is 2.39. The molecule has 1 aliphatic heterocycles. The van der Waals surface area contributed by atoms with Crippen molar-refractivity contribution in [3.63, 3.8) is 0 Å². The van der Waals surface area contributed by atoms with Crippen LogP contribution in [0.2, 0.25) is 0 Å². The van der Waals surface area contributed by atoms with Crippen LogP contribution in [0.5, 0.6) is 0 Å². The van der Waals surface area contributed by atoms with Gasteiger partial charge in [-0.1, -0.05) is 35.4 Å². The Morgan fingerprint density at radius 3 is 1.08 bits per heavy atom. The molecule has 0 bridgehead atoms. The van der Waals surface area contributed by atoms with Crippen LogP contribution in [0.15, 0.2) is 35.7 Å². The van der Waals surface area contributed by atoms with Crippen molar-refractivity contribution in [2.24, 2.45) is 0 Å². The van der Waals surface area contributed by atoms with E-state index in [-0.39, 0.29) is 0 Å². The Morgan fingerprint density at radius 2 is 0.800 bits per heavy atom. The van der Waals surface area contributed by atoms with E-state index in [1.165, 1.54) is 56.1 Å². The average Bonchev–Trinajstić information content (AvgIpc) is 2.74. The van der Waals surface area contributed by atoms with Gasteiger partial charge in [0.25, 0.3) is 0 Å². The Morgan fingerprint density at radius 1 is 0.520 bits per heavy atom. The van der Waals surface area contributed by atoms with E-state index >= 15 is 0 Å². The van der Waals surface area contributed by atoms with Gasteiger partial charge >= 0.3 is 0 Å². The van der Waals surface area contributed by atoms with Gasteiger partial charge in [0.05, 0.1) is 6.67 Å². The van der Waals surface area contributed by atoms with Crippen LogP contribution in [0.3, 0.4) is 0 Å². The molecule has 2 heteroatoms. The number of allylic oxidation sites excluding steroid dienone is 2. The largest absolute Gasteiger partial charge is 0.325 e. The third-order valence-electron chi connectivity index (χ3n) is 5.43. The summed E-state index contributed by atoms with van der Waals surface area (Å²) in [6.07, 6.45) is 0. The monoisotopic (exact) mass is 334 g/mol. The quantitative estimate of drug-likeness (QED) is 0.657. The zero-order valence-corrected chi connectivity index (χ0v) is 16.9. The fraction of sp³-hybridized carbons (Fsp3) is 0.391. The Labute approximate surface area is 152 Å². The van der Waals surface area contributed by atoms with Gasteiger partial charge in [-0.25, -0.2) is 0 Å². The molecule has 0 saturated carbocycles. The minimum atomic E-state index is 0.882. The summed E-state index contributed by atoms with van der Waals surface area (Å²) < 4.78 is 0. The third-order valence-corrected chi connectivity index (χ3v) is 5.43. The van der Waals surface area contributed by atoms with Crippen LogP contribution in [-0.2, 0) is 0 Å². The second-order valence-electron chi connectivity index (χ2n) is 7.66. The molecule has 132 valence electrons. The van der Waals surface area contributed by atoms with E-state index in [2.05, 4.69) is 89.5 Å². The second-order valence-corrected chi connectivity index (χ2v) is 7.66. The van der Waals surface area contributed by atoms with E-state index < -0.39 is 0 Å². The van der Waals surface area contributed by atoms with Crippen LogP contribution >= 0.6 is 0 Å². The molecule has 0 fully saturated rings. The van der Waals surface area contributed by atoms with Crippen molar-refractivity contribution >= 4 is 11.4 Å². The summed E-state index contributed by atoms with van der Waals surface area (Å²) in [5, 5.41) is 0. The van der Waals surface area contributed by atoms with Gasteiger partial charge in [0.1, 0.15) is 0 Å². The van der Waals surface area contributed by atoms with Gasteiger partial charge in [0.2, 0.25) is 0 Å². The van der Waals surface area contributed by atoms with Crippen molar-refractivity contribution in [1.82, 2.24) is 0 Å². The van der Waals surface area contributed by atoms with Gasteiger partial charge in [-0.15, -0.1) is 0 Å². The van der Waals surface area contributed by atoms with Crippen LogP contribution in [0.4, 0.5) is 11.4 Å². The normalized spacial score (nSPS) is 14.7. The minimum absolute atomic E-state index is 0.882. The zero-order valence-electron chi connectivity index (χ0n) is 16.9. The molecule has 2 aromatic carbocycles. The Hall–Kier alpha value is -2.22. The highest BCUT2D eigenvalue weighted by atomic mass is 15.4. The first-order valence-corrected chi connectivity index (χ1v) is 9.09. The molecular weight excluding hydrogens is 304 g/mol. The molecule has 0 amide bonds. The van der Waals surface area contributed by atoms with Crippen LogP contribution in [-0.4, -0.2) is 6.67 Å². The van der Waals surface area contributed by atoms with E-state index in [0.717, 1.165) is 6.67 Å². The molecule has 0 aromatic heterocycles. The van der Waals surface area contributed by atoms with E-state index in [1.807, 2.05) is 0 Å². The standard InChI is InChI=1S/C23H30N2/c1-14-9-16(3)22(17(4)10-14)24-13-25(21(8)20(24)7)23-18(5)11-15(2)12-19(23)6/h9-12H,13H2,1-8H3. The molecule has 0 unspecified atom stereocenters. The predicted octanol–water partition coefficient (Wildman–Crippen LogP) is 6.07. The molecule has 25 heavy (non-hydrogen) atoms. The number of nitrogens with zero attached hydrogens (tertiary/aromatic N) is 2. The van der Waals surface area contributed by atoms with E-state index in [9.17, 15) is 0 Å². The Balaban J connectivity index is 2.08. The molecule has 2 aromatic rings. The number of anilines is 2. The number of benzene rings is 2.